The van der Waals surface area contributed by atoms with Crippen LogP contribution in [-0.2, 0) is 5.41 Å². The highest BCUT2D eigenvalue weighted by Crippen LogP contribution is 2.49. The quantitative estimate of drug-likeness (QED) is 0.162. The van der Waals surface area contributed by atoms with Crippen molar-refractivity contribution in [3.05, 3.63) is 223 Å². The Hall–Kier alpha value is -8.27. The Balaban J connectivity index is 1.07. The fraction of sp³-hybridized carbons (Fsp3) is 0.0484. The number of hydrogen-bond donors (Lipinski definition) is 0. The molecule has 1 aliphatic rings. The van der Waals surface area contributed by atoms with Crippen LogP contribution in [0.25, 0.3) is 121 Å². The normalized spacial score (nSPS) is 12.9. The van der Waals surface area contributed by atoms with E-state index in [1.807, 2.05) is 18.2 Å². The van der Waals surface area contributed by atoms with E-state index >= 15 is 0 Å². The molecule has 11 aromatic carbocycles. The molecule has 1 aromatic heterocycles. The lowest BCUT2D eigenvalue weighted by atomic mass is 9.82. The number of hydrogen-bond acceptors (Lipinski definition) is 3. The number of nitrogens with zero attached hydrogens (tertiary/aromatic N) is 3. The van der Waals surface area contributed by atoms with Gasteiger partial charge in [-0.15, -0.1) is 0 Å². The molecule has 0 bridgehead atoms. The minimum Gasteiger partial charge on any atom is -0.208 e. The van der Waals surface area contributed by atoms with Crippen LogP contribution in [-0.4, -0.2) is 15.0 Å². The van der Waals surface area contributed by atoms with Crippen LogP contribution in [0.5, 0.6) is 0 Å². The van der Waals surface area contributed by atoms with Crippen molar-refractivity contribution < 1.29 is 0 Å². The lowest BCUT2D eigenvalue weighted by Gasteiger charge is -2.21. The van der Waals surface area contributed by atoms with Gasteiger partial charge in [0.1, 0.15) is 0 Å². The van der Waals surface area contributed by atoms with Gasteiger partial charge in [0.2, 0.25) is 0 Å². The summed E-state index contributed by atoms with van der Waals surface area (Å²) < 4.78 is 0. The molecule has 3 heteroatoms. The highest BCUT2D eigenvalue weighted by Gasteiger charge is 2.35. The smallest absolute Gasteiger partial charge is 0.164 e. The van der Waals surface area contributed by atoms with Crippen molar-refractivity contribution >= 4 is 53.9 Å². The van der Waals surface area contributed by atoms with Gasteiger partial charge in [-0.2, -0.15) is 0 Å². The van der Waals surface area contributed by atoms with Crippen molar-refractivity contribution in [2.75, 3.05) is 0 Å². The monoisotopic (exact) mass is 827 g/mol. The summed E-state index contributed by atoms with van der Waals surface area (Å²) in [6.45, 7) is 4.63. The molecule has 65 heavy (non-hydrogen) atoms. The van der Waals surface area contributed by atoms with E-state index in [0.29, 0.717) is 17.5 Å². The Morgan fingerprint density at radius 3 is 1.48 bits per heavy atom. The predicted octanol–water partition coefficient (Wildman–Crippen LogP) is 16.3. The van der Waals surface area contributed by atoms with Gasteiger partial charge in [-0.05, 0) is 135 Å². The Bertz CT molecular complexity index is 3890. The van der Waals surface area contributed by atoms with Crippen LogP contribution in [0, 0.1) is 0 Å². The van der Waals surface area contributed by atoms with E-state index in [0.717, 1.165) is 38.9 Å². The van der Waals surface area contributed by atoms with Gasteiger partial charge in [0, 0.05) is 22.1 Å². The van der Waals surface area contributed by atoms with E-state index in [9.17, 15) is 0 Å². The van der Waals surface area contributed by atoms with E-state index in [-0.39, 0.29) is 5.41 Å². The Morgan fingerprint density at radius 1 is 0.262 bits per heavy atom. The SMILES string of the molecule is CC1(C)c2ccccc2-c2cc(-c3nc(-c4ccccc4)nc(-c4cc(-c5ccc6c7ccccc7c7ccccc7c6c5)cc(-c5cc6ccccc6c6ccccc56)c4)n3)ccc21. The van der Waals surface area contributed by atoms with E-state index in [2.05, 4.69) is 208 Å². The third kappa shape index (κ3) is 5.93. The molecule has 0 spiro atoms. The van der Waals surface area contributed by atoms with Gasteiger partial charge in [-0.3, -0.25) is 0 Å². The van der Waals surface area contributed by atoms with E-state index in [1.54, 1.807) is 0 Å². The van der Waals surface area contributed by atoms with Crippen molar-refractivity contribution in [3.8, 4) is 67.5 Å². The van der Waals surface area contributed by atoms with Gasteiger partial charge >= 0.3 is 0 Å². The van der Waals surface area contributed by atoms with Crippen molar-refractivity contribution in [1.29, 1.82) is 0 Å². The fourth-order valence-corrected chi connectivity index (χ4v) is 10.7. The largest absolute Gasteiger partial charge is 0.208 e. The molecule has 0 saturated heterocycles. The van der Waals surface area contributed by atoms with Crippen molar-refractivity contribution in [2.24, 2.45) is 0 Å². The minimum absolute atomic E-state index is 0.101. The Morgan fingerprint density at radius 2 is 0.754 bits per heavy atom. The molecule has 0 amide bonds. The summed E-state index contributed by atoms with van der Waals surface area (Å²) >= 11 is 0. The van der Waals surface area contributed by atoms with Crippen molar-refractivity contribution in [3.63, 3.8) is 0 Å². The molecule has 0 radical (unpaired) electrons. The van der Waals surface area contributed by atoms with Crippen LogP contribution in [0.2, 0.25) is 0 Å². The zero-order valence-electron chi connectivity index (χ0n) is 36.0. The minimum atomic E-state index is -0.101. The standard InChI is InChI=1S/C62H41N3/c1-62(2)57-27-15-14-26-53(57)56-37-41(29-31-58(56)62)60-63-59(38-16-4-3-5-17-38)64-61(65-60)44-33-42(32-43(34-44)54-36-40-18-6-7-19-45(40)46-20-8-12-24-50(46)54)39-28-30-52-49-23-10-9-21-47(49)48-22-11-13-25-51(48)55(52)35-39/h3-37H,1-2H3. The highest BCUT2D eigenvalue weighted by molar-refractivity contribution is 6.26. The average molecular weight is 828 g/mol. The van der Waals surface area contributed by atoms with Gasteiger partial charge < -0.3 is 0 Å². The van der Waals surface area contributed by atoms with Crippen molar-refractivity contribution in [1.82, 2.24) is 15.0 Å². The molecule has 13 rings (SSSR count). The highest BCUT2D eigenvalue weighted by atomic mass is 15.0. The molecule has 0 fully saturated rings. The topological polar surface area (TPSA) is 38.7 Å². The summed E-state index contributed by atoms with van der Waals surface area (Å²) in [6.07, 6.45) is 0. The first-order valence-electron chi connectivity index (χ1n) is 22.4. The summed E-state index contributed by atoms with van der Waals surface area (Å²) in [5.41, 5.74) is 12.4. The maximum Gasteiger partial charge on any atom is 0.164 e. The van der Waals surface area contributed by atoms with E-state index in [4.69, 9.17) is 15.0 Å². The van der Waals surface area contributed by atoms with Crippen LogP contribution in [0.3, 0.4) is 0 Å². The third-order valence-electron chi connectivity index (χ3n) is 13.9. The second kappa shape index (κ2) is 14.4. The van der Waals surface area contributed by atoms with Gasteiger partial charge in [0.15, 0.2) is 17.5 Å². The Kier molecular flexibility index (Phi) is 8.25. The van der Waals surface area contributed by atoms with Gasteiger partial charge in [0.05, 0.1) is 0 Å². The number of fused-ring (bicyclic) bond motifs is 12. The molecular weight excluding hydrogens is 787 g/mol. The first-order chi connectivity index (χ1) is 32.0. The summed E-state index contributed by atoms with van der Waals surface area (Å²) in [7, 11) is 0. The predicted molar refractivity (Wildman–Crippen MR) is 272 cm³/mol. The molecule has 0 aliphatic heterocycles. The maximum atomic E-state index is 5.40. The molecule has 1 aliphatic carbocycles. The molecule has 3 nitrogen and oxygen atoms in total. The number of benzene rings is 11. The maximum absolute atomic E-state index is 5.40. The third-order valence-corrected chi connectivity index (χ3v) is 13.9. The molecule has 0 N–H and O–H groups in total. The van der Waals surface area contributed by atoms with Crippen LogP contribution in [0.4, 0.5) is 0 Å². The van der Waals surface area contributed by atoms with E-state index in [1.165, 1.54) is 76.1 Å². The molecular formula is C62H41N3. The lowest BCUT2D eigenvalue weighted by Crippen LogP contribution is -2.14. The average Bonchev–Trinajstić information content (AvgIpc) is 3.61. The van der Waals surface area contributed by atoms with E-state index < -0.39 is 0 Å². The first kappa shape index (κ1) is 37.3. The van der Waals surface area contributed by atoms with Crippen LogP contribution in [0.15, 0.2) is 212 Å². The number of aromatic nitrogens is 3. The molecule has 12 aromatic rings. The zero-order valence-corrected chi connectivity index (χ0v) is 36.0. The zero-order chi connectivity index (χ0) is 43.2. The van der Waals surface area contributed by atoms with Crippen LogP contribution < -0.4 is 0 Å². The lowest BCUT2D eigenvalue weighted by molar-refractivity contribution is 0.660. The summed E-state index contributed by atoms with van der Waals surface area (Å²) in [4.78, 5) is 15.9. The summed E-state index contributed by atoms with van der Waals surface area (Å²) in [6, 6.07) is 77.0. The molecule has 0 saturated carbocycles. The second-order valence-electron chi connectivity index (χ2n) is 17.9. The van der Waals surface area contributed by atoms with Crippen molar-refractivity contribution in [2.45, 2.75) is 19.3 Å². The molecule has 304 valence electrons. The first-order valence-corrected chi connectivity index (χ1v) is 22.4. The second-order valence-corrected chi connectivity index (χ2v) is 17.9. The van der Waals surface area contributed by atoms with Crippen LogP contribution >= 0.6 is 0 Å². The molecule has 0 unspecified atom stereocenters. The van der Waals surface area contributed by atoms with Gasteiger partial charge in [-0.25, -0.2) is 15.0 Å². The summed E-state index contributed by atoms with van der Waals surface area (Å²) in [5, 5.41) is 12.4. The molecule has 0 atom stereocenters. The summed E-state index contributed by atoms with van der Waals surface area (Å²) in [5.74, 6) is 1.91. The van der Waals surface area contributed by atoms with Gasteiger partial charge in [0.25, 0.3) is 0 Å². The molecule has 1 heterocycles. The fourth-order valence-electron chi connectivity index (χ4n) is 10.7. The Labute approximate surface area is 377 Å². The van der Waals surface area contributed by atoms with Crippen LogP contribution in [0.1, 0.15) is 25.0 Å². The number of rotatable bonds is 5. The van der Waals surface area contributed by atoms with Gasteiger partial charge in [-0.1, -0.05) is 190 Å².